The second kappa shape index (κ2) is 7.09. The maximum Gasteiger partial charge on any atom is 0.166 e. The van der Waals surface area contributed by atoms with Crippen molar-refractivity contribution in [3.63, 3.8) is 0 Å². The molecule has 0 aliphatic rings. The summed E-state index contributed by atoms with van der Waals surface area (Å²) in [5.74, 6) is 1.57. The number of fused-ring (bicyclic) bond motifs is 1. The summed E-state index contributed by atoms with van der Waals surface area (Å²) < 4.78 is 5.68. The van der Waals surface area contributed by atoms with Gasteiger partial charge in [0.2, 0.25) is 0 Å². The lowest BCUT2D eigenvalue weighted by molar-refractivity contribution is 0.101. The molecule has 0 saturated carbocycles. The number of aromatic amines is 1. The van der Waals surface area contributed by atoms with E-state index >= 15 is 0 Å². The third-order valence-electron chi connectivity index (χ3n) is 3.75. The van der Waals surface area contributed by atoms with E-state index in [1.54, 1.807) is 18.7 Å². The number of nitrogens with one attached hydrogen (secondary N) is 1. The Morgan fingerprint density at radius 3 is 2.83 bits per heavy atom. The Hall–Kier alpha value is -2.27. The summed E-state index contributed by atoms with van der Waals surface area (Å²) in [7, 11) is 0. The van der Waals surface area contributed by atoms with E-state index in [1.165, 1.54) is 5.56 Å². The van der Waals surface area contributed by atoms with E-state index in [2.05, 4.69) is 29.0 Å². The number of H-pyrrole nitrogens is 1. The van der Waals surface area contributed by atoms with Gasteiger partial charge in [-0.2, -0.15) is 0 Å². The fourth-order valence-electron chi connectivity index (χ4n) is 2.52. The second-order valence-electron chi connectivity index (χ2n) is 5.66. The van der Waals surface area contributed by atoms with Gasteiger partial charge in [0.1, 0.15) is 5.75 Å². The molecule has 0 aliphatic heterocycles. The van der Waals surface area contributed by atoms with E-state index in [0.29, 0.717) is 17.9 Å². The molecule has 124 valence electrons. The standard InChI is InChI=1S/C19H20N2O2S/c1-4-23-18-8-6-14(13(3)22)10-15(18)11-24-19-20-16-7-5-12(2)9-17(16)21-19/h5-10H,4,11H2,1-3H3,(H,20,21). The van der Waals surface area contributed by atoms with Gasteiger partial charge in [0.05, 0.1) is 17.6 Å². The molecule has 0 saturated heterocycles. The average molecular weight is 340 g/mol. The van der Waals surface area contributed by atoms with Crippen LogP contribution in [0.3, 0.4) is 0 Å². The molecule has 1 heterocycles. The summed E-state index contributed by atoms with van der Waals surface area (Å²) in [6.07, 6.45) is 0. The van der Waals surface area contributed by atoms with Crippen molar-refractivity contribution >= 4 is 28.6 Å². The number of Topliss-reactive ketones (excluding diaryl/α,β-unsaturated/α-hetero) is 1. The molecular formula is C19H20N2O2S. The van der Waals surface area contributed by atoms with Gasteiger partial charge < -0.3 is 9.72 Å². The highest BCUT2D eigenvalue weighted by Crippen LogP contribution is 2.29. The quantitative estimate of drug-likeness (QED) is 0.519. The van der Waals surface area contributed by atoms with Gasteiger partial charge in [-0.1, -0.05) is 17.8 Å². The number of imidazole rings is 1. The smallest absolute Gasteiger partial charge is 0.166 e. The molecule has 4 nitrogen and oxygen atoms in total. The molecule has 1 aromatic heterocycles. The Balaban J connectivity index is 1.83. The monoisotopic (exact) mass is 340 g/mol. The third-order valence-corrected chi connectivity index (χ3v) is 4.67. The molecule has 0 spiro atoms. The summed E-state index contributed by atoms with van der Waals surface area (Å²) in [6, 6.07) is 11.8. The molecule has 0 radical (unpaired) electrons. The first-order valence-corrected chi connectivity index (χ1v) is 8.91. The van der Waals surface area contributed by atoms with Gasteiger partial charge in [-0.3, -0.25) is 4.79 Å². The van der Waals surface area contributed by atoms with Crippen LogP contribution in [0.4, 0.5) is 0 Å². The molecule has 0 unspecified atom stereocenters. The van der Waals surface area contributed by atoms with Crippen LogP contribution in [0.5, 0.6) is 5.75 Å². The SMILES string of the molecule is CCOc1ccc(C(C)=O)cc1CSc1nc2ccc(C)cc2[nH]1. The number of hydrogen-bond donors (Lipinski definition) is 1. The van der Waals surface area contributed by atoms with Crippen LogP contribution in [0.25, 0.3) is 11.0 Å². The van der Waals surface area contributed by atoms with Crippen LogP contribution < -0.4 is 4.74 Å². The number of rotatable bonds is 6. The van der Waals surface area contributed by atoms with E-state index in [-0.39, 0.29) is 5.78 Å². The molecular weight excluding hydrogens is 320 g/mol. The number of thioether (sulfide) groups is 1. The van der Waals surface area contributed by atoms with Crippen LogP contribution in [0.15, 0.2) is 41.6 Å². The molecule has 0 atom stereocenters. The molecule has 2 aromatic carbocycles. The fourth-order valence-corrected chi connectivity index (χ4v) is 3.38. The van der Waals surface area contributed by atoms with Crippen molar-refractivity contribution in [1.29, 1.82) is 0 Å². The van der Waals surface area contributed by atoms with E-state index in [4.69, 9.17) is 4.74 Å². The number of benzene rings is 2. The topological polar surface area (TPSA) is 55.0 Å². The highest BCUT2D eigenvalue weighted by Gasteiger charge is 2.10. The Morgan fingerprint density at radius 2 is 2.08 bits per heavy atom. The molecule has 0 fully saturated rings. The number of aromatic nitrogens is 2. The second-order valence-corrected chi connectivity index (χ2v) is 6.63. The number of carbonyl (C=O) groups excluding carboxylic acids is 1. The van der Waals surface area contributed by atoms with Gasteiger partial charge in [-0.25, -0.2) is 4.98 Å². The van der Waals surface area contributed by atoms with Crippen LogP contribution in [0, 0.1) is 6.92 Å². The lowest BCUT2D eigenvalue weighted by Gasteiger charge is -2.10. The van der Waals surface area contributed by atoms with Crippen molar-refractivity contribution < 1.29 is 9.53 Å². The lowest BCUT2D eigenvalue weighted by Crippen LogP contribution is -1.99. The van der Waals surface area contributed by atoms with E-state index in [1.807, 2.05) is 31.2 Å². The Labute approximate surface area is 145 Å². The van der Waals surface area contributed by atoms with Crippen molar-refractivity contribution in [3.8, 4) is 5.75 Å². The molecule has 24 heavy (non-hydrogen) atoms. The van der Waals surface area contributed by atoms with Crippen molar-refractivity contribution in [2.45, 2.75) is 31.7 Å². The van der Waals surface area contributed by atoms with Gasteiger partial charge in [0, 0.05) is 16.9 Å². The van der Waals surface area contributed by atoms with Gasteiger partial charge in [0.15, 0.2) is 10.9 Å². The van der Waals surface area contributed by atoms with Gasteiger partial charge in [-0.05, 0) is 56.7 Å². The highest BCUT2D eigenvalue weighted by molar-refractivity contribution is 7.98. The molecule has 3 rings (SSSR count). The largest absolute Gasteiger partial charge is 0.494 e. The molecule has 0 bridgehead atoms. The number of ether oxygens (including phenoxy) is 1. The van der Waals surface area contributed by atoms with Crippen LogP contribution in [0.1, 0.15) is 35.3 Å². The van der Waals surface area contributed by atoms with Gasteiger partial charge in [-0.15, -0.1) is 0 Å². The van der Waals surface area contributed by atoms with E-state index < -0.39 is 0 Å². The van der Waals surface area contributed by atoms with Gasteiger partial charge in [0.25, 0.3) is 0 Å². The molecule has 1 N–H and O–H groups in total. The number of nitrogens with zero attached hydrogens (tertiary/aromatic N) is 1. The van der Waals surface area contributed by atoms with E-state index in [0.717, 1.165) is 27.5 Å². The van der Waals surface area contributed by atoms with E-state index in [9.17, 15) is 4.79 Å². The zero-order valence-corrected chi connectivity index (χ0v) is 14.9. The minimum atomic E-state index is 0.0588. The normalized spacial score (nSPS) is 11.0. The van der Waals surface area contributed by atoms with Crippen molar-refractivity contribution in [2.24, 2.45) is 0 Å². The molecule has 0 amide bonds. The molecule has 3 aromatic rings. The van der Waals surface area contributed by atoms with Crippen LogP contribution in [-0.4, -0.2) is 22.4 Å². The lowest BCUT2D eigenvalue weighted by atomic mass is 10.1. The Kier molecular flexibility index (Phi) is 4.90. The van der Waals surface area contributed by atoms with Crippen molar-refractivity contribution in [3.05, 3.63) is 53.1 Å². The zero-order valence-electron chi connectivity index (χ0n) is 14.1. The van der Waals surface area contributed by atoms with Gasteiger partial charge >= 0.3 is 0 Å². The highest BCUT2D eigenvalue weighted by atomic mass is 32.2. The van der Waals surface area contributed by atoms with Crippen molar-refractivity contribution in [1.82, 2.24) is 9.97 Å². The summed E-state index contributed by atoms with van der Waals surface area (Å²) in [5.41, 5.74) is 4.92. The first-order chi connectivity index (χ1) is 11.6. The number of aryl methyl sites for hydroxylation is 1. The zero-order chi connectivity index (χ0) is 17.1. The maximum atomic E-state index is 11.6. The summed E-state index contributed by atoms with van der Waals surface area (Å²) >= 11 is 1.61. The Bertz CT molecular complexity index is 886. The molecule has 0 aliphatic carbocycles. The minimum Gasteiger partial charge on any atom is -0.494 e. The first-order valence-electron chi connectivity index (χ1n) is 7.92. The first kappa shape index (κ1) is 16.6. The summed E-state index contributed by atoms with van der Waals surface area (Å²) in [5, 5.41) is 0.867. The Morgan fingerprint density at radius 1 is 1.25 bits per heavy atom. The number of ketones is 1. The van der Waals surface area contributed by atoms with Crippen LogP contribution in [0.2, 0.25) is 0 Å². The summed E-state index contributed by atoms with van der Waals surface area (Å²) in [6.45, 7) is 6.20. The number of carbonyl (C=O) groups is 1. The predicted molar refractivity (Wildman–Crippen MR) is 98.0 cm³/mol. The fraction of sp³-hybridized carbons (Fsp3) is 0.263. The maximum absolute atomic E-state index is 11.6. The summed E-state index contributed by atoms with van der Waals surface area (Å²) in [4.78, 5) is 19.6. The van der Waals surface area contributed by atoms with Crippen molar-refractivity contribution in [2.75, 3.05) is 6.61 Å². The molecule has 5 heteroatoms. The van der Waals surface area contributed by atoms with Crippen LogP contribution >= 0.6 is 11.8 Å². The average Bonchev–Trinajstić information content (AvgIpc) is 2.96. The third kappa shape index (κ3) is 3.62. The number of hydrogen-bond acceptors (Lipinski definition) is 4. The minimum absolute atomic E-state index is 0.0588. The predicted octanol–water partition coefficient (Wildman–Crippen LogP) is 4.76. The van der Waals surface area contributed by atoms with Crippen LogP contribution in [-0.2, 0) is 5.75 Å².